The van der Waals surface area contributed by atoms with Gasteiger partial charge in [-0.1, -0.05) is 0 Å². The van der Waals surface area contributed by atoms with E-state index in [0.29, 0.717) is 25.0 Å². The number of fused-ring (bicyclic) bond motifs is 3. The van der Waals surface area contributed by atoms with Crippen LogP contribution in [0.4, 0.5) is 0 Å². The van der Waals surface area contributed by atoms with E-state index in [1.54, 1.807) is 23.0 Å². The number of thiazole rings is 2. The highest BCUT2D eigenvalue weighted by Crippen LogP contribution is 2.32. The van der Waals surface area contributed by atoms with Crippen molar-refractivity contribution in [2.24, 2.45) is 17.3 Å². The van der Waals surface area contributed by atoms with Crippen molar-refractivity contribution >= 4 is 43.9 Å². The van der Waals surface area contributed by atoms with Gasteiger partial charge >= 0.3 is 0 Å². The van der Waals surface area contributed by atoms with Crippen molar-refractivity contribution in [2.75, 3.05) is 6.54 Å². The molecule has 5 heterocycles. The molecular weight excluding hydrogens is 370 g/mol. The van der Waals surface area contributed by atoms with Crippen molar-refractivity contribution in [1.29, 1.82) is 0 Å². The minimum Gasteiger partial charge on any atom is -0.323 e. The summed E-state index contributed by atoms with van der Waals surface area (Å²) < 4.78 is 4.29. The fourth-order valence-corrected chi connectivity index (χ4v) is 4.74. The molecule has 0 saturated carbocycles. The highest BCUT2D eigenvalue weighted by atomic mass is 32.1. The fraction of sp³-hybridized carbons (Fsp3) is 0.250. The number of hydrogen-bond acceptors (Lipinski definition) is 8. The summed E-state index contributed by atoms with van der Waals surface area (Å²) in [5, 5.41) is 16.1. The van der Waals surface area contributed by atoms with E-state index >= 15 is 0 Å². The number of azo groups is 1. The number of hydrogen-bond donors (Lipinski definition) is 0. The Morgan fingerprint density at radius 1 is 1.35 bits per heavy atom. The van der Waals surface area contributed by atoms with E-state index in [9.17, 15) is 4.79 Å². The summed E-state index contributed by atoms with van der Waals surface area (Å²) in [5.41, 5.74) is 4.83. The molecule has 8 nitrogen and oxygen atoms in total. The predicted octanol–water partition coefficient (Wildman–Crippen LogP) is 2.74. The Balaban J connectivity index is 1.61. The lowest BCUT2D eigenvalue weighted by Crippen LogP contribution is -2.24. The highest BCUT2D eigenvalue weighted by Gasteiger charge is 2.19. The van der Waals surface area contributed by atoms with Crippen molar-refractivity contribution in [2.45, 2.75) is 13.0 Å². The molecule has 0 radical (unpaired) electrons. The Morgan fingerprint density at radius 2 is 2.27 bits per heavy atom. The normalized spacial score (nSPS) is 14.0. The highest BCUT2D eigenvalue weighted by molar-refractivity contribution is 7.19. The summed E-state index contributed by atoms with van der Waals surface area (Å²) >= 11 is 3.09. The third kappa shape index (κ3) is 2.41. The topological polar surface area (TPSA) is 90.3 Å². The van der Waals surface area contributed by atoms with Crippen LogP contribution in [0.25, 0.3) is 21.3 Å². The lowest BCUT2D eigenvalue weighted by atomic mass is 10.3. The van der Waals surface area contributed by atoms with E-state index in [2.05, 4.69) is 20.3 Å². The number of nitrogens with zero attached hydrogens (tertiary/aromatic N) is 7. The molecule has 10 heteroatoms. The average Bonchev–Trinajstić information content (AvgIpc) is 3.39. The van der Waals surface area contributed by atoms with Gasteiger partial charge in [0.1, 0.15) is 10.5 Å². The number of rotatable bonds is 4. The summed E-state index contributed by atoms with van der Waals surface area (Å²) in [4.78, 5) is 21.8. The molecule has 0 aliphatic carbocycles. The van der Waals surface area contributed by atoms with E-state index < -0.39 is 0 Å². The van der Waals surface area contributed by atoms with Crippen LogP contribution in [0.5, 0.6) is 0 Å². The maximum Gasteiger partial charge on any atom is 0.291 e. The molecule has 1 aliphatic rings. The zero-order valence-corrected chi connectivity index (χ0v) is 15.4. The quantitative estimate of drug-likeness (QED) is 0.542. The average molecular weight is 383 g/mol. The fourth-order valence-electron chi connectivity index (χ4n) is 3.07. The van der Waals surface area contributed by atoms with Gasteiger partial charge in [0.25, 0.3) is 5.56 Å². The van der Waals surface area contributed by atoms with Crippen LogP contribution in [0.3, 0.4) is 0 Å². The molecule has 0 bridgehead atoms. The summed E-state index contributed by atoms with van der Waals surface area (Å²) in [5.74, 6) is 0. The van der Waals surface area contributed by atoms with Gasteiger partial charge in [-0.15, -0.1) is 22.7 Å². The first-order valence-corrected chi connectivity index (χ1v) is 9.74. The number of allylic oxidation sites excluding steroid dienone is 1. The van der Waals surface area contributed by atoms with E-state index in [0.717, 1.165) is 32.1 Å². The maximum absolute atomic E-state index is 12.9. The Morgan fingerprint density at radius 3 is 3.04 bits per heavy atom. The predicted molar refractivity (Wildman–Crippen MR) is 101 cm³/mol. The van der Waals surface area contributed by atoms with E-state index in [1.165, 1.54) is 16.0 Å². The third-order valence-electron chi connectivity index (χ3n) is 4.30. The van der Waals surface area contributed by atoms with Gasteiger partial charge in [-0.05, 0) is 6.08 Å². The molecule has 26 heavy (non-hydrogen) atoms. The van der Waals surface area contributed by atoms with Crippen LogP contribution in [0.15, 0.2) is 43.9 Å². The molecular formula is C16H13N7OS2. The molecule has 130 valence electrons. The Hall–Kier alpha value is -2.72. The smallest absolute Gasteiger partial charge is 0.291 e. The minimum atomic E-state index is -0.128. The molecule has 4 aromatic rings. The number of aryl methyl sites for hydroxylation is 1. The van der Waals surface area contributed by atoms with Gasteiger partial charge in [-0.3, -0.25) is 4.79 Å². The second kappa shape index (κ2) is 5.92. The molecule has 0 unspecified atom stereocenters. The van der Waals surface area contributed by atoms with Crippen molar-refractivity contribution in [1.82, 2.24) is 24.3 Å². The first kappa shape index (κ1) is 15.5. The monoisotopic (exact) mass is 383 g/mol. The molecule has 4 aromatic heterocycles. The van der Waals surface area contributed by atoms with Crippen molar-refractivity contribution in [3.05, 3.63) is 49.9 Å². The van der Waals surface area contributed by atoms with Gasteiger partial charge in [0.05, 0.1) is 40.9 Å². The molecule has 0 saturated heterocycles. The summed E-state index contributed by atoms with van der Waals surface area (Å²) in [6.07, 6.45) is 4.42. The zero-order chi connectivity index (χ0) is 17.7. The van der Waals surface area contributed by atoms with Crippen LogP contribution >= 0.6 is 22.7 Å². The van der Waals surface area contributed by atoms with E-state index in [-0.39, 0.29) is 5.56 Å². The Labute approximate surface area is 155 Å². The van der Waals surface area contributed by atoms with Crippen LogP contribution in [0.2, 0.25) is 0 Å². The second-order valence-electron chi connectivity index (χ2n) is 5.97. The molecule has 0 spiro atoms. The Bertz CT molecular complexity index is 1240. The van der Waals surface area contributed by atoms with Gasteiger partial charge in [0.2, 0.25) is 0 Å². The first-order chi connectivity index (χ1) is 12.7. The Kier molecular flexibility index (Phi) is 3.54. The van der Waals surface area contributed by atoms with Crippen molar-refractivity contribution < 1.29 is 0 Å². The van der Waals surface area contributed by atoms with E-state index in [1.807, 2.05) is 23.1 Å². The molecule has 0 fully saturated rings. The first-order valence-electron chi connectivity index (χ1n) is 7.98. The summed E-state index contributed by atoms with van der Waals surface area (Å²) in [7, 11) is 1.87. The van der Waals surface area contributed by atoms with Gasteiger partial charge in [-0.25, -0.2) is 14.6 Å². The maximum atomic E-state index is 12.9. The van der Waals surface area contributed by atoms with Crippen LogP contribution in [0, 0.1) is 0 Å². The summed E-state index contributed by atoms with van der Waals surface area (Å²) in [6.45, 7) is 1.01. The lowest BCUT2D eigenvalue weighted by Gasteiger charge is -2.03. The lowest BCUT2D eigenvalue weighted by molar-refractivity contribution is 0.635. The molecule has 5 rings (SSSR count). The molecule has 0 amide bonds. The van der Waals surface area contributed by atoms with Crippen molar-refractivity contribution in [3.8, 4) is 0 Å². The zero-order valence-electron chi connectivity index (χ0n) is 13.8. The standard InChI is InChI=1S/C16H13N7OS2/c1-22-13-11(5-19-23(16(13)24)6-10-7-25-8-17-10)14-15(22)20-12(26-14)4-9-2-3-18-21-9/h2,5,7-8H,3-4,6H2,1H3. The SMILES string of the molecule is Cn1c2nc(CC3=CCN=N3)sc2c2cnn(Cc3cscn3)c(=O)c21. The molecule has 0 N–H and O–H groups in total. The van der Waals surface area contributed by atoms with Crippen LogP contribution in [0.1, 0.15) is 10.7 Å². The van der Waals surface area contributed by atoms with Crippen LogP contribution in [-0.4, -0.2) is 30.9 Å². The van der Waals surface area contributed by atoms with E-state index in [4.69, 9.17) is 4.98 Å². The third-order valence-corrected chi connectivity index (χ3v) is 6.02. The van der Waals surface area contributed by atoms with Crippen LogP contribution in [-0.2, 0) is 20.0 Å². The molecule has 0 aromatic carbocycles. The minimum absolute atomic E-state index is 0.128. The number of aromatic nitrogens is 5. The largest absolute Gasteiger partial charge is 0.323 e. The van der Waals surface area contributed by atoms with Gasteiger partial charge in [0.15, 0.2) is 5.65 Å². The summed E-state index contributed by atoms with van der Waals surface area (Å²) in [6, 6.07) is 0. The van der Waals surface area contributed by atoms with Gasteiger partial charge in [0, 0.05) is 24.2 Å². The van der Waals surface area contributed by atoms with Crippen LogP contribution < -0.4 is 5.56 Å². The van der Waals surface area contributed by atoms with Crippen molar-refractivity contribution in [3.63, 3.8) is 0 Å². The second-order valence-corrected chi connectivity index (χ2v) is 7.77. The molecule has 1 aliphatic heterocycles. The van der Waals surface area contributed by atoms with Gasteiger partial charge in [-0.2, -0.15) is 15.3 Å². The molecule has 0 atom stereocenters. The van der Waals surface area contributed by atoms with Gasteiger partial charge < -0.3 is 4.57 Å².